The van der Waals surface area contributed by atoms with Gasteiger partial charge in [-0.2, -0.15) is 0 Å². The molecule has 0 saturated heterocycles. The minimum absolute atomic E-state index is 0.226. The van der Waals surface area contributed by atoms with Crippen molar-refractivity contribution >= 4 is 5.82 Å². The molecular formula is C12H14N4O2. The highest BCUT2D eigenvalue weighted by atomic mass is 16.2. The first kappa shape index (κ1) is 12.1. The third-order valence-corrected chi connectivity index (χ3v) is 2.66. The number of pyridine rings is 1. The molecule has 94 valence electrons. The van der Waals surface area contributed by atoms with Crippen molar-refractivity contribution in [2.24, 2.45) is 7.05 Å². The van der Waals surface area contributed by atoms with Gasteiger partial charge >= 0.3 is 5.69 Å². The maximum Gasteiger partial charge on any atom is 0.331 e. The van der Waals surface area contributed by atoms with Crippen LogP contribution < -0.4 is 16.6 Å². The maximum atomic E-state index is 11.8. The van der Waals surface area contributed by atoms with Crippen LogP contribution in [0.25, 0.3) is 0 Å². The normalized spacial score (nSPS) is 10.3. The van der Waals surface area contributed by atoms with Gasteiger partial charge in [-0.3, -0.25) is 9.36 Å². The number of hydrogen-bond donors (Lipinski definition) is 1. The van der Waals surface area contributed by atoms with E-state index in [1.807, 2.05) is 6.07 Å². The predicted molar refractivity (Wildman–Crippen MR) is 68.8 cm³/mol. The monoisotopic (exact) mass is 246 g/mol. The fourth-order valence-electron chi connectivity index (χ4n) is 1.61. The molecule has 0 aliphatic heterocycles. The zero-order valence-electron chi connectivity index (χ0n) is 10.3. The van der Waals surface area contributed by atoms with Crippen LogP contribution in [0.4, 0.5) is 5.82 Å². The fourth-order valence-corrected chi connectivity index (χ4v) is 1.61. The second kappa shape index (κ2) is 4.87. The summed E-state index contributed by atoms with van der Waals surface area (Å²) in [6.07, 6.45) is 3.11. The summed E-state index contributed by atoms with van der Waals surface area (Å²) in [7, 11) is 3.39. The number of anilines is 1. The van der Waals surface area contributed by atoms with Gasteiger partial charge in [-0.1, -0.05) is 6.07 Å². The number of nitrogens with one attached hydrogen (secondary N) is 1. The van der Waals surface area contributed by atoms with Crippen molar-refractivity contribution in [1.29, 1.82) is 0 Å². The Morgan fingerprint density at radius 2 is 2.06 bits per heavy atom. The Balaban J connectivity index is 2.37. The second-order valence-corrected chi connectivity index (χ2v) is 3.94. The summed E-state index contributed by atoms with van der Waals surface area (Å²) in [5, 5.41) is 2.90. The van der Waals surface area contributed by atoms with Crippen LogP contribution in [0.2, 0.25) is 0 Å². The third-order valence-electron chi connectivity index (χ3n) is 2.66. The van der Waals surface area contributed by atoms with E-state index < -0.39 is 0 Å². The minimum Gasteiger partial charge on any atom is -0.373 e. The van der Waals surface area contributed by atoms with E-state index in [1.165, 1.54) is 21.4 Å². The van der Waals surface area contributed by atoms with E-state index in [9.17, 15) is 9.59 Å². The van der Waals surface area contributed by atoms with E-state index in [0.29, 0.717) is 0 Å². The molecule has 0 aliphatic rings. The van der Waals surface area contributed by atoms with Crippen molar-refractivity contribution in [3.63, 3.8) is 0 Å². The molecule has 2 rings (SSSR count). The van der Waals surface area contributed by atoms with Crippen LogP contribution in [0.3, 0.4) is 0 Å². The number of aromatic nitrogens is 3. The summed E-state index contributed by atoms with van der Waals surface area (Å²) >= 11 is 0. The van der Waals surface area contributed by atoms with Crippen LogP contribution in [-0.4, -0.2) is 21.2 Å². The Morgan fingerprint density at radius 1 is 1.28 bits per heavy atom. The molecule has 0 unspecified atom stereocenters. The minimum atomic E-state index is -0.333. The number of rotatable bonds is 3. The Bertz CT molecular complexity index is 655. The van der Waals surface area contributed by atoms with Crippen molar-refractivity contribution in [3.8, 4) is 0 Å². The van der Waals surface area contributed by atoms with E-state index in [1.54, 1.807) is 26.4 Å². The summed E-state index contributed by atoms with van der Waals surface area (Å²) in [6.45, 7) is 0.226. The SMILES string of the molecule is CNc1ccc(Cn2c(=O)ccn(C)c2=O)cn1. The van der Waals surface area contributed by atoms with Gasteiger partial charge < -0.3 is 9.88 Å². The van der Waals surface area contributed by atoms with Gasteiger partial charge in [0.1, 0.15) is 5.82 Å². The van der Waals surface area contributed by atoms with Crippen molar-refractivity contribution in [1.82, 2.24) is 14.1 Å². The molecule has 2 aromatic heterocycles. The largest absolute Gasteiger partial charge is 0.373 e. The highest BCUT2D eigenvalue weighted by molar-refractivity contribution is 5.34. The Hall–Kier alpha value is -2.37. The Morgan fingerprint density at radius 3 is 2.67 bits per heavy atom. The van der Waals surface area contributed by atoms with Gasteiger partial charge in [0.2, 0.25) is 0 Å². The van der Waals surface area contributed by atoms with Crippen molar-refractivity contribution in [2.75, 3.05) is 12.4 Å². The Labute approximate surface area is 104 Å². The molecule has 0 radical (unpaired) electrons. The predicted octanol–water partition coefficient (Wildman–Crippen LogP) is 0.0320. The summed E-state index contributed by atoms with van der Waals surface area (Å²) in [5.41, 5.74) is 0.162. The van der Waals surface area contributed by atoms with Crippen molar-refractivity contribution in [3.05, 3.63) is 57.0 Å². The second-order valence-electron chi connectivity index (χ2n) is 3.94. The molecule has 2 aromatic rings. The maximum absolute atomic E-state index is 11.8. The van der Waals surface area contributed by atoms with Crippen molar-refractivity contribution < 1.29 is 0 Å². The lowest BCUT2D eigenvalue weighted by molar-refractivity contribution is 0.638. The molecule has 0 saturated carbocycles. The van der Waals surface area contributed by atoms with Gasteiger partial charge in [-0.05, 0) is 11.6 Å². The lowest BCUT2D eigenvalue weighted by Crippen LogP contribution is -2.38. The van der Waals surface area contributed by atoms with E-state index in [2.05, 4.69) is 10.3 Å². The molecular weight excluding hydrogens is 232 g/mol. The summed E-state index contributed by atoms with van der Waals surface area (Å²) in [5.74, 6) is 0.743. The molecule has 0 atom stereocenters. The van der Waals surface area contributed by atoms with Gasteiger partial charge in [0.15, 0.2) is 0 Å². The first-order valence-corrected chi connectivity index (χ1v) is 5.51. The molecule has 0 aromatic carbocycles. The molecule has 0 fully saturated rings. The first-order chi connectivity index (χ1) is 8.61. The first-order valence-electron chi connectivity index (χ1n) is 5.51. The lowest BCUT2D eigenvalue weighted by atomic mass is 10.3. The van der Waals surface area contributed by atoms with Gasteiger partial charge in [-0.15, -0.1) is 0 Å². The van der Waals surface area contributed by atoms with Gasteiger partial charge in [-0.25, -0.2) is 9.78 Å². The zero-order chi connectivity index (χ0) is 13.1. The summed E-state index contributed by atoms with van der Waals surface area (Å²) < 4.78 is 2.55. The fraction of sp³-hybridized carbons (Fsp3) is 0.250. The van der Waals surface area contributed by atoms with E-state index >= 15 is 0 Å². The number of aryl methyl sites for hydroxylation is 1. The average molecular weight is 246 g/mol. The molecule has 18 heavy (non-hydrogen) atoms. The van der Waals surface area contributed by atoms with Crippen LogP contribution >= 0.6 is 0 Å². The third kappa shape index (κ3) is 2.32. The van der Waals surface area contributed by atoms with E-state index in [-0.39, 0.29) is 17.8 Å². The summed E-state index contributed by atoms with van der Waals surface area (Å²) in [4.78, 5) is 27.6. The molecule has 0 spiro atoms. The molecule has 1 N–H and O–H groups in total. The number of hydrogen-bond acceptors (Lipinski definition) is 4. The zero-order valence-corrected chi connectivity index (χ0v) is 10.3. The van der Waals surface area contributed by atoms with E-state index in [0.717, 1.165) is 11.4 Å². The lowest BCUT2D eigenvalue weighted by Gasteiger charge is -2.07. The van der Waals surface area contributed by atoms with Crippen LogP contribution in [0.5, 0.6) is 0 Å². The topological polar surface area (TPSA) is 68.9 Å². The summed E-state index contributed by atoms with van der Waals surface area (Å²) in [6, 6.07) is 5.00. The van der Waals surface area contributed by atoms with Crippen LogP contribution in [-0.2, 0) is 13.6 Å². The van der Waals surface area contributed by atoms with Crippen LogP contribution in [0.15, 0.2) is 40.2 Å². The smallest absolute Gasteiger partial charge is 0.331 e. The number of nitrogens with zero attached hydrogens (tertiary/aromatic N) is 3. The Kier molecular flexibility index (Phi) is 3.27. The standard InChI is InChI=1S/C12H14N4O2/c1-13-10-4-3-9(7-14-10)8-16-11(17)5-6-15(2)12(16)18/h3-7H,8H2,1-2H3,(H,13,14). The average Bonchev–Trinajstić information content (AvgIpc) is 2.40. The molecule has 0 bridgehead atoms. The highest BCUT2D eigenvalue weighted by Crippen LogP contribution is 2.04. The van der Waals surface area contributed by atoms with Crippen LogP contribution in [0, 0.1) is 0 Å². The molecule has 0 aliphatic carbocycles. The molecule has 6 nitrogen and oxygen atoms in total. The molecule has 2 heterocycles. The molecule has 6 heteroatoms. The van der Waals surface area contributed by atoms with E-state index in [4.69, 9.17) is 0 Å². The van der Waals surface area contributed by atoms with Gasteiger partial charge in [0.25, 0.3) is 5.56 Å². The van der Waals surface area contributed by atoms with Crippen molar-refractivity contribution in [2.45, 2.75) is 6.54 Å². The highest BCUT2D eigenvalue weighted by Gasteiger charge is 2.04. The molecule has 0 amide bonds. The van der Waals surface area contributed by atoms with Gasteiger partial charge in [0, 0.05) is 32.6 Å². The van der Waals surface area contributed by atoms with Gasteiger partial charge in [0.05, 0.1) is 6.54 Å². The quantitative estimate of drug-likeness (QED) is 0.829. The van der Waals surface area contributed by atoms with Crippen LogP contribution in [0.1, 0.15) is 5.56 Å².